The number of amides is 1. The number of nitrogens with two attached hydrogens (primary N) is 1. The average Bonchev–Trinajstić information content (AvgIpc) is 2.74. The van der Waals surface area contributed by atoms with Gasteiger partial charge < -0.3 is 15.8 Å². The molecule has 98 valence electrons. The van der Waals surface area contributed by atoms with Crippen molar-refractivity contribution in [2.45, 2.75) is 38.8 Å². The maximum absolute atomic E-state index is 12.1. The van der Waals surface area contributed by atoms with E-state index in [0.29, 0.717) is 18.0 Å². The summed E-state index contributed by atoms with van der Waals surface area (Å²) in [5.41, 5.74) is 7.09. The number of carbonyl (C=O) groups excluding carboxylic acids is 1. The van der Waals surface area contributed by atoms with Gasteiger partial charge in [0, 0.05) is 17.9 Å². The van der Waals surface area contributed by atoms with Gasteiger partial charge in [0.25, 0.3) is 5.91 Å². The van der Waals surface area contributed by atoms with Crippen LogP contribution in [0.15, 0.2) is 12.1 Å². The highest BCUT2D eigenvalue weighted by molar-refractivity contribution is 5.95. The number of ether oxygens (including phenoxy) is 1. The Morgan fingerprint density at radius 1 is 1.61 bits per heavy atom. The van der Waals surface area contributed by atoms with Crippen LogP contribution in [0.2, 0.25) is 0 Å². The van der Waals surface area contributed by atoms with Crippen molar-refractivity contribution in [3.05, 3.63) is 23.4 Å². The Balaban J connectivity index is 2.10. The minimum absolute atomic E-state index is 0.0683. The number of hydrogen-bond donors (Lipinski definition) is 2. The molecule has 1 aromatic heterocycles. The van der Waals surface area contributed by atoms with Gasteiger partial charge in [0.1, 0.15) is 5.82 Å². The van der Waals surface area contributed by atoms with Crippen molar-refractivity contribution in [1.82, 2.24) is 10.3 Å². The summed E-state index contributed by atoms with van der Waals surface area (Å²) in [6.45, 7) is 4.65. The van der Waals surface area contributed by atoms with Gasteiger partial charge in [-0.2, -0.15) is 0 Å². The maximum Gasteiger partial charge on any atom is 0.251 e. The molecule has 0 aromatic carbocycles. The van der Waals surface area contributed by atoms with Gasteiger partial charge in [0.05, 0.1) is 12.1 Å². The number of aryl methyl sites for hydroxylation is 1. The van der Waals surface area contributed by atoms with E-state index in [1.807, 2.05) is 13.8 Å². The minimum atomic E-state index is -0.110. The highest BCUT2D eigenvalue weighted by atomic mass is 16.5. The number of pyridine rings is 1. The lowest BCUT2D eigenvalue weighted by molar-refractivity contribution is 0.0866. The first kappa shape index (κ1) is 12.8. The fourth-order valence-electron chi connectivity index (χ4n) is 2.10. The summed E-state index contributed by atoms with van der Waals surface area (Å²) in [6.07, 6.45) is 1.68. The third kappa shape index (κ3) is 2.79. The van der Waals surface area contributed by atoms with Crippen molar-refractivity contribution in [2.24, 2.45) is 0 Å². The normalized spacial score (nSPS) is 23.0. The van der Waals surface area contributed by atoms with Gasteiger partial charge in [0.2, 0.25) is 0 Å². The molecular weight excluding hydrogens is 230 g/mol. The smallest absolute Gasteiger partial charge is 0.251 e. The molecule has 18 heavy (non-hydrogen) atoms. The van der Waals surface area contributed by atoms with Crippen LogP contribution in [0, 0.1) is 0 Å². The Morgan fingerprint density at radius 2 is 2.39 bits per heavy atom. The predicted molar refractivity (Wildman–Crippen MR) is 69.3 cm³/mol. The molecule has 2 rings (SSSR count). The number of rotatable bonds is 3. The summed E-state index contributed by atoms with van der Waals surface area (Å²) in [6, 6.07) is 3.47. The molecule has 1 aliphatic rings. The van der Waals surface area contributed by atoms with Crippen LogP contribution >= 0.6 is 0 Å². The van der Waals surface area contributed by atoms with E-state index < -0.39 is 0 Å². The largest absolute Gasteiger partial charge is 0.384 e. The molecule has 1 amide bonds. The number of aromatic nitrogens is 1. The zero-order valence-corrected chi connectivity index (χ0v) is 10.8. The molecule has 0 saturated carbocycles. The number of nitrogen functional groups attached to an aromatic ring is 1. The molecule has 5 nitrogen and oxygen atoms in total. The van der Waals surface area contributed by atoms with Crippen LogP contribution in [0.3, 0.4) is 0 Å². The van der Waals surface area contributed by atoms with Crippen LogP contribution in [0.1, 0.15) is 36.3 Å². The second-order valence-corrected chi connectivity index (χ2v) is 4.57. The van der Waals surface area contributed by atoms with Gasteiger partial charge >= 0.3 is 0 Å². The number of nitrogens with zero attached hydrogens (tertiary/aromatic N) is 1. The molecule has 1 saturated heterocycles. The zero-order chi connectivity index (χ0) is 13.1. The molecule has 1 aromatic rings. The van der Waals surface area contributed by atoms with Crippen molar-refractivity contribution in [2.75, 3.05) is 12.3 Å². The van der Waals surface area contributed by atoms with Gasteiger partial charge in [-0.05, 0) is 31.9 Å². The lowest BCUT2D eigenvalue weighted by Gasteiger charge is -2.16. The summed E-state index contributed by atoms with van der Waals surface area (Å²) in [7, 11) is 0. The van der Waals surface area contributed by atoms with Crippen molar-refractivity contribution >= 4 is 11.7 Å². The van der Waals surface area contributed by atoms with E-state index in [1.54, 1.807) is 12.1 Å². The fraction of sp³-hybridized carbons (Fsp3) is 0.538. The van der Waals surface area contributed by atoms with Gasteiger partial charge in [-0.25, -0.2) is 4.98 Å². The fourth-order valence-corrected chi connectivity index (χ4v) is 2.10. The molecule has 1 aliphatic heterocycles. The monoisotopic (exact) mass is 249 g/mol. The van der Waals surface area contributed by atoms with Gasteiger partial charge in [0.15, 0.2) is 0 Å². The van der Waals surface area contributed by atoms with E-state index in [-0.39, 0.29) is 18.1 Å². The van der Waals surface area contributed by atoms with Gasteiger partial charge in [-0.15, -0.1) is 0 Å². The predicted octanol–water partition coefficient (Wildman–Crippen LogP) is 1.13. The summed E-state index contributed by atoms with van der Waals surface area (Å²) in [5, 5.41) is 2.98. The molecule has 0 spiro atoms. The quantitative estimate of drug-likeness (QED) is 0.842. The second-order valence-electron chi connectivity index (χ2n) is 4.57. The van der Waals surface area contributed by atoms with Gasteiger partial charge in [-0.1, -0.05) is 6.92 Å². The van der Waals surface area contributed by atoms with Crippen molar-refractivity contribution in [3.8, 4) is 0 Å². The zero-order valence-electron chi connectivity index (χ0n) is 10.8. The van der Waals surface area contributed by atoms with Gasteiger partial charge in [-0.3, -0.25) is 4.79 Å². The molecule has 0 aliphatic carbocycles. The van der Waals surface area contributed by atoms with Crippen LogP contribution in [-0.2, 0) is 11.2 Å². The van der Waals surface area contributed by atoms with E-state index in [2.05, 4.69) is 10.3 Å². The Morgan fingerprint density at radius 3 is 3.00 bits per heavy atom. The van der Waals surface area contributed by atoms with E-state index in [1.165, 1.54) is 0 Å². The Hall–Kier alpha value is -1.62. The molecule has 5 heteroatoms. The Kier molecular flexibility index (Phi) is 3.81. The first-order valence-electron chi connectivity index (χ1n) is 6.29. The molecule has 2 heterocycles. The van der Waals surface area contributed by atoms with E-state index in [0.717, 1.165) is 18.5 Å². The number of hydrogen-bond acceptors (Lipinski definition) is 4. The lowest BCUT2D eigenvalue weighted by atomic mass is 10.1. The van der Waals surface area contributed by atoms with Crippen LogP contribution in [0.25, 0.3) is 0 Å². The van der Waals surface area contributed by atoms with Crippen molar-refractivity contribution < 1.29 is 9.53 Å². The van der Waals surface area contributed by atoms with Crippen LogP contribution in [0.4, 0.5) is 5.82 Å². The molecule has 2 unspecified atom stereocenters. The topological polar surface area (TPSA) is 77.2 Å². The summed E-state index contributed by atoms with van der Waals surface area (Å²) in [5.74, 6) is 0.274. The number of anilines is 1. The Labute approximate surface area is 107 Å². The molecule has 0 radical (unpaired) electrons. The number of nitrogens with one attached hydrogen (secondary N) is 1. The van der Waals surface area contributed by atoms with E-state index in [9.17, 15) is 4.79 Å². The lowest BCUT2D eigenvalue weighted by Crippen LogP contribution is -2.39. The highest BCUT2D eigenvalue weighted by Gasteiger charge is 2.26. The maximum atomic E-state index is 12.1. The molecular formula is C13H19N3O2. The SMILES string of the molecule is CCc1cc(C(=O)NC2CCOC2C)cc(N)n1. The molecule has 0 bridgehead atoms. The van der Waals surface area contributed by atoms with E-state index >= 15 is 0 Å². The average molecular weight is 249 g/mol. The third-order valence-electron chi connectivity index (χ3n) is 3.22. The van der Waals surface area contributed by atoms with Crippen LogP contribution < -0.4 is 11.1 Å². The van der Waals surface area contributed by atoms with Crippen LogP contribution in [0.5, 0.6) is 0 Å². The molecule has 2 atom stereocenters. The second kappa shape index (κ2) is 5.35. The highest BCUT2D eigenvalue weighted by Crippen LogP contribution is 2.14. The van der Waals surface area contributed by atoms with Crippen molar-refractivity contribution in [3.63, 3.8) is 0 Å². The molecule has 1 fully saturated rings. The summed E-state index contributed by atoms with van der Waals surface area (Å²) in [4.78, 5) is 16.3. The molecule has 3 N–H and O–H groups in total. The third-order valence-corrected chi connectivity index (χ3v) is 3.22. The first-order chi connectivity index (χ1) is 8.60. The minimum Gasteiger partial charge on any atom is -0.384 e. The van der Waals surface area contributed by atoms with E-state index in [4.69, 9.17) is 10.5 Å². The summed E-state index contributed by atoms with van der Waals surface area (Å²) < 4.78 is 5.42. The van der Waals surface area contributed by atoms with Crippen molar-refractivity contribution in [1.29, 1.82) is 0 Å². The standard InChI is InChI=1S/C13H19N3O2/c1-3-10-6-9(7-12(14)15-10)13(17)16-11-4-5-18-8(11)2/h6-8,11H,3-5H2,1-2H3,(H2,14,15)(H,16,17). The Bertz CT molecular complexity index is 448. The first-order valence-corrected chi connectivity index (χ1v) is 6.29. The van der Waals surface area contributed by atoms with Crippen LogP contribution in [-0.4, -0.2) is 29.6 Å². The summed E-state index contributed by atoms with van der Waals surface area (Å²) >= 11 is 0. The number of carbonyl (C=O) groups is 1.